The van der Waals surface area contributed by atoms with Gasteiger partial charge in [0, 0.05) is 6.42 Å². The second-order valence-corrected chi connectivity index (χ2v) is 1.99. The molecule has 3 heteroatoms. The Morgan fingerprint density at radius 1 is 1.70 bits per heavy atom. The maximum atomic E-state index is 9.96. The first-order valence-electron chi connectivity index (χ1n) is 3.00. The lowest BCUT2D eigenvalue weighted by Gasteiger charge is -2.02. The Kier molecular flexibility index (Phi) is 4.34. The molecular weight excluding hydrogens is 132 g/mol. The van der Waals surface area contributed by atoms with Crippen LogP contribution in [0.2, 0.25) is 0 Å². The maximum absolute atomic E-state index is 9.96. The highest BCUT2D eigenvalue weighted by molar-refractivity contribution is 5.67. The van der Waals surface area contributed by atoms with Crippen molar-refractivity contribution in [2.45, 2.75) is 25.4 Å². The minimum atomic E-state index is -0.996. The number of hydrogen-bond acceptors (Lipinski definition) is 2. The number of hydrogen-bond donors (Lipinski definition) is 2. The standard InChI is InChI=1S/C7H10O3/c1-2-3-4-6(8)5-7(9)10/h1,6,8H,3-5H2,(H,9,10)/t6-/m1/s1. The smallest absolute Gasteiger partial charge is 0.305 e. The van der Waals surface area contributed by atoms with E-state index in [-0.39, 0.29) is 6.42 Å². The summed E-state index contributed by atoms with van der Waals surface area (Å²) in [5.41, 5.74) is 0. The first-order valence-corrected chi connectivity index (χ1v) is 3.00. The lowest BCUT2D eigenvalue weighted by molar-refractivity contribution is -0.139. The summed E-state index contributed by atoms with van der Waals surface area (Å²) >= 11 is 0. The van der Waals surface area contributed by atoms with Crippen LogP contribution in [0.4, 0.5) is 0 Å². The van der Waals surface area contributed by atoms with Crippen molar-refractivity contribution in [2.24, 2.45) is 0 Å². The zero-order valence-electron chi connectivity index (χ0n) is 5.58. The van der Waals surface area contributed by atoms with Gasteiger partial charge in [-0.15, -0.1) is 12.3 Å². The molecule has 0 aliphatic carbocycles. The lowest BCUT2D eigenvalue weighted by Crippen LogP contribution is -2.12. The van der Waals surface area contributed by atoms with Gasteiger partial charge < -0.3 is 10.2 Å². The summed E-state index contributed by atoms with van der Waals surface area (Å²) in [6.45, 7) is 0. The van der Waals surface area contributed by atoms with Crippen molar-refractivity contribution in [3.05, 3.63) is 0 Å². The van der Waals surface area contributed by atoms with Gasteiger partial charge in [-0.3, -0.25) is 4.79 Å². The summed E-state index contributed by atoms with van der Waals surface area (Å²) in [6.07, 6.45) is 4.67. The molecule has 0 aliphatic rings. The number of aliphatic carboxylic acids is 1. The van der Waals surface area contributed by atoms with Crippen molar-refractivity contribution < 1.29 is 15.0 Å². The number of terminal acetylenes is 1. The van der Waals surface area contributed by atoms with Crippen LogP contribution in [0.25, 0.3) is 0 Å². The lowest BCUT2D eigenvalue weighted by atomic mass is 10.1. The van der Waals surface area contributed by atoms with E-state index in [9.17, 15) is 4.79 Å². The van der Waals surface area contributed by atoms with Gasteiger partial charge in [-0.2, -0.15) is 0 Å². The topological polar surface area (TPSA) is 57.5 Å². The van der Waals surface area contributed by atoms with Gasteiger partial charge in [-0.25, -0.2) is 0 Å². The summed E-state index contributed by atoms with van der Waals surface area (Å²) in [6, 6.07) is 0. The average molecular weight is 142 g/mol. The van der Waals surface area contributed by atoms with Crippen molar-refractivity contribution in [1.82, 2.24) is 0 Å². The van der Waals surface area contributed by atoms with Crippen LogP contribution in [-0.2, 0) is 4.79 Å². The molecule has 2 N–H and O–H groups in total. The Balaban J connectivity index is 3.36. The molecule has 0 unspecified atom stereocenters. The Morgan fingerprint density at radius 3 is 2.70 bits per heavy atom. The number of rotatable bonds is 4. The largest absolute Gasteiger partial charge is 0.481 e. The van der Waals surface area contributed by atoms with Crippen LogP contribution in [0.3, 0.4) is 0 Å². The van der Waals surface area contributed by atoms with Crippen LogP contribution in [0, 0.1) is 12.3 Å². The number of carboxylic acid groups (broad SMARTS) is 1. The second kappa shape index (κ2) is 4.83. The van der Waals surface area contributed by atoms with Crippen molar-refractivity contribution in [2.75, 3.05) is 0 Å². The fraction of sp³-hybridized carbons (Fsp3) is 0.571. The van der Waals surface area contributed by atoms with E-state index in [1.165, 1.54) is 0 Å². The molecule has 0 spiro atoms. The van der Waals surface area contributed by atoms with Gasteiger partial charge in [0.1, 0.15) is 0 Å². The van der Waals surface area contributed by atoms with Crippen molar-refractivity contribution in [3.8, 4) is 12.3 Å². The molecule has 0 aromatic rings. The van der Waals surface area contributed by atoms with E-state index in [0.29, 0.717) is 12.8 Å². The zero-order chi connectivity index (χ0) is 7.98. The Labute approximate surface area is 59.7 Å². The molecule has 10 heavy (non-hydrogen) atoms. The van der Waals surface area contributed by atoms with Crippen molar-refractivity contribution in [1.29, 1.82) is 0 Å². The van der Waals surface area contributed by atoms with Crippen LogP contribution in [0.15, 0.2) is 0 Å². The molecule has 3 nitrogen and oxygen atoms in total. The van der Waals surface area contributed by atoms with Crippen LogP contribution < -0.4 is 0 Å². The molecule has 0 radical (unpaired) electrons. The Hall–Kier alpha value is -1.01. The summed E-state index contributed by atoms with van der Waals surface area (Å²) in [5.74, 6) is 1.32. The predicted molar refractivity (Wildman–Crippen MR) is 36.3 cm³/mol. The highest BCUT2D eigenvalue weighted by atomic mass is 16.4. The average Bonchev–Trinajstić information content (AvgIpc) is 1.82. The maximum Gasteiger partial charge on any atom is 0.305 e. The highest BCUT2D eigenvalue weighted by Gasteiger charge is 2.07. The molecule has 0 aromatic carbocycles. The van der Waals surface area contributed by atoms with E-state index in [1.807, 2.05) is 0 Å². The summed E-state index contributed by atoms with van der Waals surface area (Å²) < 4.78 is 0. The Morgan fingerprint density at radius 2 is 2.30 bits per heavy atom. The molecule has 0 aromatic heterocycles. The van der Waals surface area contributed by atoms with Gasteiger partial charge in [0.2, 0.25) is 0 Å². The zero-order valence-corrected chi connectivity index (χ0v) is 5.58. The van der Waals surface area contributed by atoms with Crippen LogP contribution in [-0.4, -0.2) is 22.3 Å². The molecule has 0 bridgehead atoms. The third kappa shape index (κ3) is 5.13. The fourth-order valence-corrected chi connectivity index (χ4v) is 0.554. The molecule has 0 rings (SSSR count). The third-order valence-electron chi connectivity index (χ3n) is 1.03. The first kappa shape index (κ1) is 8.99. The van der Waals surface area contributed by atoms with E-state index in [0.717, 1.165) is 0 Å². The van der Waals surface area contributed by atoms with Crippen molar-refractivity contribution >= 4 is 5.97 Å². The summed E-state index contributed by atoms with van der Waals surface area (Å²) in [4.78, 5) is 9.96. The molecule has 1 atom stereocenters. The van der Waals surface area contributed by atoms with E-state index < -0.39 is 12.1 Å². The summed E-state index contributed by atoms with van der Waals surface area (Å²) in [5, 5.41) is 17.0. The van der Waals surface area contributed by atoms with Crippen molar-refractivity contribution in [3.63, 3.8) is 0 Å². The minimum Gasteiger partial charge on any atom is -0.481 e. The van der Waals surface area contributed by atoms with Gasteiger partial charge in [0.25, 0.3) is 0 Å². The third-order valence-corrected chi connectivity index (χ3v) is 1.03. The molecule has 0 saturated carbocycles. The van der Waals surface area contributed by atoms with E-state index in [4.69, 9.17) is 16.6 Å². The van der Waals surface area contributed by atoms with Gasteiger partial charge in [-0.1, -0.05) is 0 Å². The number of aliphatic hydroxyl groups is 1. The van der Waals surface area contributed by atoms with Gasteiger partial charge >= 0.3 is 5.97 Å². The fourth-order valence-electron chi connectivity index (χ4n) is 0.554. The van der Waals surface area contributed by atoms with Gasteiger partial charge in [0.15, 0.2) is 0 Å². The molecule has 0 aliphatic heterocycles. The summed E-state index contributed by atoms with van der Waals surface area (Å²) in [7, 11) is 0. The van der Waals surface area contributed by atoms with E-state index in [1.54, 1.807) is 0 Å². The molecular formula is C7H10O3. The number of carbonyl (C=O) groups is 1. The van der Waals surface area contributed by atoms with Crippen LogP contribution >= 0.6 is 0 Å². The predicted octanol–water partition coefficient (Wildman–Crippen LogP) is 0.235. The Bertz CT molecular complexity index is 145. The minimum absolute atomic E-state index is 0.221. The molecule has 0 amide bonds. The first-order chi connectivity index (χ1) is 4.66. The van der Waals surface area contributed by atoms with Crippen LogP contribution in [0.5, 0.6) is 0 Å². The quantitative estimate of drug-likeness (QED) is 0.552. The molecule has 0 heterocycles. The molecule has 0 fully saturated rings. The van der Waals surface area contributed by atoms with Crippen LogP contribution in [0.1, 0.15) is 19.3 Å². The molecule has 56 valence electrons. The SMILES string of the molecule is C#CCC[C@@H](O)CC(=O)O. The van der Waals surface area contributed by atoms with E-state index in [2.05, 4.69) is 5.92 Å². The monoisotopic (exact) mass is 142 g/mol. The normalized spacial score (nSPS) is 12.0. The second-order valence-electron chi connectivity index (χ2n) is 1.99. The number of carboxylic acids is 1. The van der Waals surface area contributed by atoms with E-state index >= 15 is 0 Å². The van der Waals surface area contributed by atoms with Gasteiger partial charge in [0.05, 0.1) is 12.5 Å². The number of aliphatic hydroxyl groups excluding tert-OH is 1. The molecule has 0 saturated heterocycles. The highest BCUT2D eigenvalue weighted by Crippen LogP contribution is 1.99. The van der Waals surface area contributed by atoms with Gasteiger partial charge in [-0.05, 0) is 6.42 Å².